The van der Waals surface area contributed by atoms with E-state index in [1.54, 1.807) is 24.5 Å². The molecule has 6 heteroatoms. The molecule has 0 amide bonds. The van der Waals surface area contributed by atoms with E-state index in [0.717, 1.165) is 16.6 Å². The summed E-state index contributed by atoms with van der Waals surface area (Å²) in [5.41, 5.74) is 0.312. The van der Waals surface area contributed by atoms with Gasteiger partial charge in [-0.15, -0.1) is 11.3 Å². The lowest BCUT2D eigenvalue weighted by Crippen LogP contribution is -1.98. The van der Waals surface area contributed by atoms with Crippen LogP contribution in [-0.2, 0) is 6.42 Å². The van der Waals surface area contributed by atoms with Gasteiger partial charge < -0.3 is 5.32 Å². The zero-order chi connectivity index (χ0) is 15.0. The third-order valence-corrected chi connectivity index (χ3v) is 4.61. The van der Waals surface area contributed by atoms with Gasteiger partial charge in [0.2, 0.25) is 0 Å². The number of nitrogens with zero attached hydrogens (tertiary/aromatic N) is 2. The Morgan fingerprint density at radius 3 is 2.81 bits per heavy atom. The van der Waals surface area contributed by atoms with Crippen LogP contribution in [0.5, 0.6) is 0 Å². The molecule has 108 valence electrons. The summed E-state index contributed by atoms with van der Waals surface area (Å²) < 4.78 is 14.0. The lowest BCUT2D eigenvalue weighted by molar-refractivity contribution is 0.630. The van der Waals surface area contributed by atoms with Gasteiger partial charge in [0.1, 0.15) is 16.5 Å². The van der Waals surface area contributed by atoms with E-state index in [4.69, 9.17) is 11.6 Å². The Labute approximate surface area is 130 Å². The van der Waals surface area contributed by atoms with Crippen LogP contribution in [0, 0.1) is 5.82 Å². The Morgan fingerprint density at radius 2 is 2.10 bits per heavy atom. The molecule has 0 aliphatic rings. The van der Waals surface area contributed by atoms with E-state index in [1.807, 2.05) is 0 Å². The van der Waals surface area contributed by atoms with Gasteiger partial charge >= 0.3 is 0 Å². The fourth-order valence-electron chi connectivity index (χ4n) is 2.13. The molecule has 0 saturated heterocycles. The molecule has 0 unspecified atom stereocenters. The number of aryl methyl sites for hydroxylation is 1. The maximum absolute atomic E-state index is 14.0. The summed E-state index contributed by atoms with van der Waals surface area (Å²) >= 11 is 7.55. The molecule has 3 aromatic rings. The number of hydrogen-bond acceptors (Lipinski definition) is 4. The van der Waals surface area contributed by atoms with Gasteiger partial charge in [-0.25, -0.2) is 14.4 Å². The van der Waals surface area contributed by atoms with Crippen LogP contribution in [0.25, 0.3) is 21.6 Å². The molecule has 0 spiro atoms. The maximum Gasteiger partial charge on any atom is 0.166 e. The van der Waals surface area contributed by atoms with Gasteiger partial charge in [-0.2, -0.15) is 0 Å². The molecule has 1 N–H and O–H groups in total. The van der Waals surface area contributed by atoms with E-state index in [0.29, 0.717) is 22.2 Å². The van der Waals surface area contributed by atoms with Crippen molar-refractivity contribution in [3.63, 3.8) is 0 Å². The molecular formula is C15H13ClFN3S. The van der Waals surface area contributed by atoms with Crippen molar-refractivity contribution in [3.05, 3.63) is 40.0 Å². The van der Waals surface area contributed by atoms with Gasteiger partial charge in [-0.05, 0) is 30.7 Å². The van der Waals surface area contributed by atoms with Gasteiger partial charge in [0.15, 0.2) is 5.82 Å². The Morgan fingerprint density at radius 1 is 1.29 bits per heavy atom. The highest BCUT2D eigenvalue weighted by molar-refractivity contribution is 7.18. The number of thiophene rings is 1. The summed E-state index contributed by atoms with van der Waals surface area (Å²) in [4.78, 5) is 11.0. The van der Waals surface area contributed by atoms with Crippen LogP contribution in [0.1, 0.15) is 11.8 Å². The lowest BCUT2D eigenvalue weighted by Gasteiger charge is -2.06. The molecule has 0 aliphatic carbocycles. The van der Waals surface area contributed by atoms with Gasteiger partial charge in [-0.3, -0.25) is 0 Å². The molecule has 2 aromatic heterocycles. The second-order valence-electron chi connectivity index (χ2n) is 4.56. The van der Waals surface area contributed by atoms with Crippen LogP contribution in [0.15, 0.2) is 24.3 Å². The van der Waals surface area contributed by atoms with Crippen molar-refractivity contribution in [1.82, 2.24) is 9.97 Å². The fraction of sp³-hybridized carbons (Fsp3) is 0.200. The molecule has 0 fully saturated rings. The smallest absolute Gasteiger partial charge is 0.166 e. The zero-order valence-corrected chi connectivity index (χ0v) is 13.1. The highest BCUT2D eigenvalue weighted by Crippen LogP contribution is 2.32. The molecule has 3 rings (SSSR count). The Kier molecular flexibility index (Phi) is 3.78. The number of benzene rings is 1. The second-order valence-corrected chi connectivity index (χ2v) is 6.11. The monoisotopic (exact) mass is 321 g/mol. The highest BCUT2D eigenvalue weighted by Gasteiger charge is 2.14. The molecule has 0 radical (unpaired) electrons. The quantitative estimate of drug-likeness (QED) is 0.756. The molecular weight excluding hydrogens is 309 g/mol. The minimum atomic E-state index is -0.381. The normalized spacial score (nSPS) is 11.0. The SMILES string of the molecule is CCc1cc2c(NC)nc(-c3cc(Cl)ccc3F)nc2s1. The van der Waals surface area contributed by atoms with Crippen LogP contribution < -0.4 is 5.32 Å². The minimum Gasteiger partial charge on any atom is -0.372 e. The Bertz CT molecular complexity index is 816. The average molecular weight is 322 g/mol. The molecule has 21 heavy (non-hydrogen) atoms. The van der Waals surface area contributed by atoms with Crippen molar-refractivity contribution in [1.29, 1.82) is 0 Å². The molecule has 3 nitrogen and oxygen atoms in total. The zero-order valence-electron chi connectivity index (χ0n) is 11.6. The van der Waals surface area contributed by atoms with Gasteiger partial charge in [0.25, 0.3) is 0 Å². The van der Waals surface area contributed by atoms with Gasteiger partial charge in [0, 0.05) is 16.9 Å². The summed E-state index contributed by atoms with van der Waals surface area (Å²) in [6, 6.07) is 6.46. The average Bonchev–Trinajstić information content (AvgIpc) is 2.91. The van der Waals surface area contributed by atoms with Crippen LogP contribution in [-0.4, -0.2) is 17.0 Å². The largest absolute Gasteiger partial charge is 0.372 e. The van der Waals surface area contributed by atoms with Gasteiger partial charge in [0.05, 0.1) is 10.9 Å². The topological polar surface area (TPSA) is 37.8 Å². The molecule has 0 bridgehead atoms. The molecule has 2 heterocycles. The second kappa shape index (κ2) is 5.58. The number of aromatic nitrogens is 2. The third-order valence-electron chi connectivity index (χ3n) is 3.20. The molecule has 1 aromatic carbocycles. The first-order valence-electron chi connectivity index (χ1n) is 6.56. The predicted octanol–water partition coefficient (Wildman–Crippen LogP) is 4.75. The number of halogens is 2. The number of fused-ring (bicyclic) bond motifs is 1. The Hall–Kier alpha value is -1.72. The van der Waals surface area contributed by atoms with E-state index in [-0.39, 0.29) is 5.82 Å². The van der Waals surface area contributed by atoms with Crippen molar-refractivity contribution >= 4 is 39.0 Å². The lowest BCUT2D eigenvalue weighted by atomic mass is 10.2. The standard InChI is InChI=1S/C15H13ClFN3S/c1-3-9-7-11-13(18-2)19-14(20-15(11)21-9)10-6-8(16)4-5-12(10)17/h4-7H,3H2,1-2H3,(H,18,19,20). The molecule has 0 saturated carbocycles. The van der Waals surface area contributed by atoms with Crippen LogP contribution >= 0.6 is 22.9 Å². The first-order valence-corrected chi connectivity index (χ1v) is 7.75. The van der Waals surface area contributed by atoms with Crippen molar-refractivity contribution < 1.29 is 4.39 Å². The predicted molar refractivity (Wildman–Crippen MR) is 86.7 cm³/mol. The van der Waals surface area contributed by atoms with E-state index in [2.05, 4.69) is 28.3 Å². The minimum absolute atomic E-state index is 0.312. The van der Waals surface area contributed by atoms with Crippen molar-refractivity contribution in [3.8, 4) is 11.4 Å². The van der Waals surface area contributed by atoms with E-state index >= 15 is 0 Å². The number of anilines is 1. The van der Waals surface area contributed by atoms with Gasteiger partial charge in [-0.1, -0.05) is 18.5 Å². The van der Waals surface area contributed by atoms with Crippen molar-refractivity contribution in [2.24, 2.45) is 0 Å². The Balaban J connectivity index is 2.25. The summed E-state index contributed by atoms with van der Waals surface area (Å²) in [6.45, 7) is 2.09. The number of rotatable bonds is 3. The van der Waals surface area contributed by atoms with Crippen LogP contribution in [0.4, 0.5) is 10.2 Å². The van der Waals surface area contributed by atoms with E-state index < -0.39 is 0 Å². The van der Waals surface area contributed by atoms with E-state index in [9.17, 15) is 4.39 Å². The third kappa shape index (κ3) is 2.59. The van der Waals surface area contributed by atoms with E-state index in [1.165, 1.54) is 17.0 Å². The first kappa shape index (κ1) is 14.2. The van der Waals surface area contributed by atoms with Crippen molar-refractivity contribution in [2.45, 2.75) is 13.3 Å². The van der Waals surface area contributed by atoms with Crippen molar-refractivity contribution in [2.75, 3.05) is 12.4 Å². The number of nitrogens with one attached hydrogen (secondary N) is 1. The fourth-order valence-corrected chi connectivity index (χ4v) is 3.26. The van der Waals surface area contributed by atoms with Crippen LogP contribution in [0.2, 0.25) is 5.02 Å². The van der Waals surface area contributed by atoms with Crippen LogP contribution in [0.3, 0.4) is 0 Å². The summed E-state index contributed by atoms with van der Waals surface area (Å²) in [5.74, 6) is 0.662. The summed E-state index contributed by atoms with van der Waals surface area (Å²) in [7, 11) is 1.79. The number of hydrogen-bond donors (Lipinski definition) is 1. The molecule has 0 aliphatic heterocycles. The highest BCUT2D eigenvalue weighted by atomic mass is 35.5. The first-order chi connectivity index (χ1) is 10.1. The maximum atomic E-state index is 14.0. The molecule has 0 atom stereocenters. The summed E-state index contributed by atoms with van der Waals surface area (Å²) in [5, 5.41) is 4.47. The summed E-state index contributed by atoms with van der Waals surface area (Å²) in [6.07, 6.45) is 0.936.